The number of rotatable bonds is 7. The zero-order chi connectivity index (χ0) is 25.7. The number of nitrogens with zero attached hydrogens (tertiary/aromatic N) is 2. The highest BCUT2D eigenvalue weighted by molar-refractivity contribution is 6.42. The second-order valence-electron chi connectivity index (χ2n) is 9.54. The number of aromatic nitrogens is 1. The zero-order valence-corrected chi connectivity index (χ0v) is 21.0. The third kappa shape index (κ3) is 6.05. The normalized spacial score (nSPS) is 15.1. The number of Topliss-reactive ketones (excluding diaryl/α,β-unsaturated/α-hetero) is 1. The lowest BCUT2D eigenvalue weighted by Gasteiger charge is -2.20. The van der Waals surface area contributed by atoms with E-state index in [0.29, 0.717) is 30.6 Å². The molecule has 2 aromatic carbocycles. The predicted molar refractivity (Wildman–Crippen MR) is 137 cm³/mol. The van der Waals surface area contributed by atoms with Crippen LogP contribution in [0.25, 0.3) is 10.9 Å². The van der Waals surface area contributed by atoms with Gasteiger partial charge in [0.25, 0.3) is 5.91 Å². The van der Waals surface area contributed by atoms with Gasteiger partial charge in [0, 0.05) is 23.3 Å². The average molecular weight is 496 g/mol. The zero-order valence-electron chi connectivity index (χ0n) is 21.0. The van der Waals surface area contributed by atoms with Crippen molar-refractivity contribution in [3.63, 3.8) is 0 Å². The van der Waals surface area contributed by atoms with Crippen LogP contribution >= 0.6 is 0 Å². The minimum absolute atomic E-state index is 0.273. The van der Waals surface area contributed by atoms with E-state index in [-0.39, 0.29) is 11.6 Å². The van der Waals surface area contributed by atoms with Gasteiger partial charge < -0.3 is 24.7 Å². The first-order valence-corrected chi connectivity index (χ1v) is 12.6. The summed E-state index contributed by atoms with van der Waals surface area (Å²) in [5.41, 5.74) is 7.27. The van der Waals surface area contributed by atoms with Crippen molar-refractivity contribution in [3.8, 4) is 11.5 Å². The Labute approximate surface area is 211 Å². The number of ether oxygens (including phenoxy) is 2. The van der Waals surface area contributed by atoms with Crippen molar-refractivity contribution in [3.05, 3.63) is 59.5 Å². The molecule has 2 aliphatic heterocycles. The van der Waals surface area contributed by atoms with Crippen LogP contribution in [0.1, 0.15) is 55.1 Å². The summed E-state index contributed by atoms with van der Waals surface area (Å²) in [6.07, 6.45) is 6.56. The number of halogens is 1. The number of aryl methyl sites for hydroxylation is 1. The first-order chi connectivity index (χ1) is 17.3. The molecule has 0 unspecified atom stereocenters. The lowest BCUT2D eigenvalue weighted by atomic mass is 10.1. The molecule has 7 nitrogen and oxygen atoms in total. The lowest BCUT2D eigenvalue weighted by molar-refractivity contribution is -0.114. The molecule has 3 heterocycles. The van der Waals surface area contributed by atoms with E-state index < -0.39 is 11.7 Å². The maximum atomic E-state index is 13.8. The topological polar surface area (TPSA) is 86.8 Å². The second kappa shape index (κ2) is 11.6. The Morgan fingerprint density at radius 3 is 2.53 bits per heavy atom. The van der Waals surface area contributed by atoms with Crippen molar-refractivity contribution >= 4 is 22.6 Å². The maximum Gasteiger partial charge on any atom is 0.289 e. The number of primary amides is 1. The van der Waals surface area contributed by atoms with E-state index in [1.807, 2.05) is 29.0 Å². The minimum atomic E-state index is -0.924. The van der Waals surface area contributed by atoms with E-state index in [9.17, 15) is 14.0 Å². The number of benzene rings is 2. The molecule has 0 bridgehead atoms. The Morgan fingerprint density at radius 1 is 1.06 bits per heavy atom. The van der Waals surface area contributed by atoms with Crippen LogP contribution in [0.5, 0.6) is 11.5 Å². The van der Waals surface area contributed by atoms with Gasteiger partial charge in [-0.3, -0.25) is 9.59 Å². The highest BCUT2D eigenvalue weighted by Gasteiger charge is 2.18. The van der Waals surface area contributed by atoms with Crippen LogP contribution in [-0.4, -0.2) is 54.0 Å². The summed E-state index contributed by atoms with van der Waals surface area (Å²) in [6.45, 7) is 8.59. The SMILES string of the molecule is CC(C)n1ccc2ccc(C(=O)C(N)=O)cc21.Fc1cc(CCCN2CCCC2)cc2c1OCCO2. The number of carbonyl (C=O) groups excluding carboxylic acids is 2. The fourth-order valence-corrected chi connectivity index (χ4v) is 4.70. The highest BCUT2D eigenvalue weighted by atomic mass is 19.1. The van der Waals surface area contributed by atoms with Crippen LogP contribution in [-0.2, 0) is 11.2 Å². The van der Waals surface area contributed by atoms with Crippen LogP contribution < -0.4 is 15.2 Å². The molecule has 36 heavy (non-hydrogen) atoms. The van der Waals surface area contributed by atoms with Gasteiger partial charge in [0.2, 0.25) is 5.78 Å². The van der Waals surface area contributed by atoms with Crippen LogP contribution in [0.2, 0.25) is 0 Å². The maximum absolute atomic E-state index is 13.8. The van der Waals surface area contributed by atoms with Crippen molar-refractivity contribution in [2.75, 3.05) is 32.8 Å². The van der Waals surface area contributed by atoms with E-state index in [4.69, 9.17) is 15.2 Å². The van der Waals surface area contributed by atoms with Crippen molar-refractivity contribution in [2.24, 2.45) is 5.73 Å². The Morgan fingerprint density at radius 2 is 1.81 bits per heavy atom. The molecular weight excluding hydrogens is 461 g/mol. The lowest BCUT2D eigenvalue weighted by Crippen LogP contribution is -2.23. The van der Waals surface area contributed by atoms with E-state index in [2.05, 4.69) is 18.7 Å². The molecule has 5 rings (SSSR count). The summed E-state index contributed by atoms with van der Waals surface area (Å²) in [5, 5.41) is 1.04. The summed E-state index contributed by atoms with van der Waals surface area (Å²) < 4.78 is 26.6. The summed E-state index contributed by atoms with van der Waals surface area (Å²) >= 11 is 0. The van der Waals surface area contributed by atoms with Crippen LogP contribution in [0.4, 0.5) is 4.39 Å². The van der Waals surface area contributed by atoms with Gasteiger partial charge in [0.15, 0.2) is 17.3 Å². The Balaban J connectivity index is 0.000000170. The molecule has 0 saturated carbocycles. The number of hydrogen-bond acceptors (Lipinski definition) is 5. The Bertz CT molecular complexity index is 1230. The van der Waals surface area contributed by atoms with Gasteiger partial charge in [-0.2, -0.15) is 0 Å². The number of nitrogens with two attached hydrogens (primary N) is 1. The molecular formula is C28H34FN3O4. The highest BCUT2D eigenvalue weighted by Crippen LogP contribution is 2.34. The summed E-state index contributed by atoms with van der Waals surface area (Å²) in [4.78, 5) is 24.8. The second-order valence-corrected chi connectivity index (χ2v) is 9.54. The van der Waals surface area contributed by atoms with E-state index in [1.165, 1.54) is 25.9 Å². The van der Waals surface area contributed by atoms with Gasteiger partial charge in [-0.25, -0.2) is 4.39 Å². The molecule has 0 spiro atoms. The molecule has 3 aromatic rings. The van der Waals surface area contributed by atoms with E-state index >= 15 is 0 Å². The van der Waals surface area contributed by atoms with Gasteiger partial charge in [0.1, 0.15) is 13.2 Å². The largest absolute Gasteiger partial charge is 0.486 e. The molecule has 192 valence electrons. The molecule has 1 aromatic heterocycles. The molecule has 0 aliphatic carbocycles. The monoisotopic (exact) mass is 495 g/mol. The van der Waals surface area contributed by atoms with Crippen LogP contribution in [0.3, 0.4) is 0 Å². The van der Waals surface area contributed by atoms with Gasteiger partial charge in [-0.1, -0.05) is 12.1 Å². The number of carbonyl (C=O) groups is 2. The van der Waals surface area contributed by atoms with Gasteiger partial charge >= 0.3 is 0 Å². The third-order valence-electron chi connectivity index (χ3n) is 6.56. The predicted octanol–water partition coefficient (Wildman–Crippen LogP) is 4.52. The third-order valence-corrected chi connectivity index (χ3v) is 6.56. The fourth-order valence-electron chi connectivity index (χ4n) is 4.70. The fraction of sp³-hybridized carbons (Fsp3) is 0.429. The summed E-state index contributed by atoms with van der Waals surface area (Å²) in [7, 11) is 0. The number of fused-ring (bicyclic) bond motifs is 2. The van der Waals surface area contributed by atoms with Crippen molar-refractivity contribution in [1.82, 2.24) is 9.47 Å². The molecule has 2 N–H and O–H groups in total. The molecule has 1 fully saturated rings. The van der Waals surface area contributed by atoms with Crippen molar-refractivity contribution in [1.29, 1.82) is 0 Å². The van der Waals surface area contributed by atoms with Crippen molar-refractivity contribution < 1.29 is 23.5 Å². The number of likely N-dealkylation sites (tertiary alicyclic amines) is 1. The molecule has 0 atom stereocenters. The average Bonchev–Trinajstić information content (AvgIpc) is 3.53. The molecule has 1 saturated heterocycles. The van der Waals surface area contributed by atoms with E-state index in [0.717, 1.165) is 35.9 Å². The number of ketones is 1. The van der Waals surface area contributed by atoms with Gasteiger partial charge in [0.05, 0.1) is 0 Å². The number of amides is 1. The minimum Gasteiger partial charge on any atom is -0.486 e. The smallest absolute Gasteiger partial charge is 0.289 e. The first-order valence-electron chi connectivity index (χ1n) is 12.6. The molecule has 0 radical (unpaired) electrons. The Hall–Kier alpha value is -3.39. The van der Waals surface area contributed by atoms with Crippen LogP contribution in [0.15, 0.2) is 42.6 Å². The van der Waals surface area contributed by atoms with E-state index in [1.54, 1.807) is 18.2 Å². The Kier molecular flexibility index (Phi) is 8.25. The summed E-state index contributed by atoms with van der Waals surface area (Å²) in [6, 6.07) is 10.9. The number of hydrogen-bond donors (Lipinski definition) is 1. The van der Waals surface area contributed by atoms with Gasteiger partial charge in [-0.15, -0.1) is 0 Å². The first kappa shape index (κ1) is 25.7. The summed E-state index contributed by atoms with van der Waals surface area (Å²) in [5.74, 6) is -1.04. The van der Waals surface area contributed by atoms with Crippen molar-refractivity contribution in [2.45, 2.75) is 45.6 Å². The van der Waals surface area contributed by atoms with Crippen LogP contribution in [0, 0.1) is 5.82 Å². The molecule has 2 aliphatic rings. The quantitative estimate of drug-likeness (QED) is 0.385. The standard InChI is InChI=1S/C15H20FNO2.C13H14N2O2/c16-13-10-12(4-3-7-17-5-1-2-6-17)11-14-15(13)19-9-8-18-14;1-8(2)15-6-5-9-3-4-10(7-11(9)15)12(16)13(14)17/h10-11H,1-9H2;3-8H,1-2H3,(H2,14,17). The molecule has 1 amide bonds. The molecule has 8 heteroatoms. The van der Waals surface area contributed by atoms with Gasteiger partial charge in [-0.05, 0) is 94.4 Å².